The molecule has 9 aromatic rings. The molecule has 39 heteroatoms. The Labute approximate surface area is 644 Å². The summed E-state index contributed by atoms with van der Waals surface area (Å²) in [6.07, 6.45) is 4.48. The van der Waals surface area contributed by atoms with Crippen molar-refractivity contribution in [2.24, 2.45) is 0 Å². The maximum atomic E-state index is 12.2. The van der Waals surface area contributed by atoms with Crippen molar-refractivity contribution in [2.75, 3.05) is 153 Å². The number of rotatable bonds is 30. The molecular formula is C69H86ClN19O13S6. The molecule has 0 amide bonds. The quantitative estimate of drug-likeness (QED) is 0.00952. The number of anilines is 11. The lowest BCUT2D eigenvalue weighted by molar-refractivity contribution is 0.0378. The molecule has 2 saturated heterocycles. The molecule has 32 nitrogen and oxygen atoms in total. The van der Waals surface area contributed by atoms with Gasteiger partial charge in [0.05, 0.1) is 64.8 Å². The second-order valence-electron chi connectivity index (χ2n) is 24.5. The van der Waals surface area contributed by atoms with Crippen molar-refractivity contribution in [2.45, 2.75) is 82.3 Å². The van der Waals surface area contributed by atoms with Gasteiger partial charge < -0.3 is 50.0 Å². The first-order valence-corrected chi connectivity index (χ1v) is 42.6. The van der Waals surface area contributed by atoms with Crippen LogP contribution in [0.4, 0.5) is 62.3 Å². The molecule has 2 aliphatic heterocycles. The van der Waals surface area contributed by atoms with E-state index in [1.165, 1.54) is 35.2 Å². The van der Waals surface area contributed by atoms with Crippen molar-refractivity contribution in [1.82, 2.24) is 54.7 Å². The monoisotopic (exact) mass is 1620 g/mol. The Bertz CT molecular complexity index is 4910. The van der Waals surface area contributed by atoms with Crippen LogP contribution in [0.1, 0.15) is 90.0 Å². The second-order valence-corrected chi connectivity index (χ2v) is 33.9. The molecule has 2 fully saturated rings. The number of hydrogen-bond acceptors (Lipinski definition) is 35. The highest BCUT2D eigenvalue weighted by Gasteiger charge is 2.24. The smallest absolute Gasteiger partial charge is 0.350 e. The number of carbonyl (C=O) groups is 3. The summed E-state index contributed by atoms with van der Waals surface area (Å²) in [7, 11) is -7.65. The number of carbonyl (C=O) groups excluding carboxylic acids is 3. The van der Waals surface area contributed by atoms with Gasteiger partial charge in [0.25, 0.3) is 0 Å². The first-order chi connectivity index (χ1) is 51.5. The SMILES string of the molecule is CCOC(=O)c1sc(Nc2nc(Cl)cc(NCc3ccc(S(C)(=O)=O)cc3)n2)nc1C.CCOC(=O)c1sc(Nc2nc(NCCCN3CCOCC3)cc(NCc3ccc(S(C)(=O)=O)cc3)n2)nc1C.CCOC(=O)c1sc(Nc2nc(NCc3ccc(S(C)(=O)=O)cc3)cc(N3CCN(C)CC3)n2)nc1C. The molecule has 0 aliphatic carbocycles. The van der Waals surface area contributed by atoms with Gasteiger partial charge in [0.1, 0.15) is 48.9 Å². The van der Waals surface area contributed by atoms with E-state index in [-0.39, 0.29) is 39.0 Å². The molecule has 0 spiro atoms. The number of sulfone groups is 3. The number of aromatic nitrogens is 9. The lowest BCUT2D eigenvalue weighted by Gasteiger charge is -2.33. The van der Waals surface area contributed by atoms with E-state index in [2.05, 4.69) is 98.8 Å². The van der Waals surface area contributed by atoms with E-state index in [1.54, 1.807) is 120 Å². The van der Waals surface area contributed by atoms with Crippen LogP contribution in [0.2, 0.25) is 5.15 Å². The molecule has 6 aromatic heterocycles. The Morgan fingerprint density at radius 1 is 0.472 bits per heavy atom. The molecule has 0 atom stereocenters. The highest BCUT2D eigenvalue weighted by molar-refractivity contribution is 7.91. The van der Waals surface area contributed by atoms with Gasteiger partial charge in [-0.05, 0) is 115 Å². The van der Waals surface area contributed by atoms with Gasteiger partial charge >= 0.3 is 17.9 Å². The van der Waals surface area contributed by atoms with Gasteiger partial charge in [-0.2, -0.15) is 24.9 Å². The number of nitrogens with zero attached hydrogens (tertiary/aromatic N) is 12. The van der Waals surface area contributed by atoms with Crippen molar-refractivity contribution < 1.29 is 58.6 Å². The number of esters is 3. The molecule has 2 aliphatic rings. The molecule has 8 heterocycles. The molecule has 0 unspecified atom stereocenters. The fraction of sp³-hybridized carbons (Fsp3) is 0.391. The van der Waals surface area contributed by atoms with Gasteiger partial charge in [0.2, 0.25) is 17.8 Å². The average Bonchev–Trinajstić information content (AvgIpc) is 1.54. The first kappa shape index (κ1) is 82.7. The Balaban J connectivity index is 0.000000188. The van der Waals surface area contributed by atoms with Crippen molar-refractivity contribution in [3.8, 4) is 0 Å². The molecule has 0 bridgehead atoms. The summed E-state index contributed by atoms with van der Waals surface area (Å²) in [6.45, 7) is 21.3. The third kappa shape index (κ3) is 25.1. The van der Waals surface area contributed by atoms with Crippen molar-refractivity contribution in [3.05, 3.63) is 145 Å². The number of morpholine rings is 1. The van der Waals surface area contributed by atoms with Gasteiger partial charge in [-0.3, -0.25) is 20.9 Å². The highest BCUT2D eigenvalue weighted by atomic mass is 35.5. The second kappa shape index (κ2) is 38.6. The largest absolute Gasteiger partial charge is 0.462 e. The van der Waals surface area contributed by atoms with Gasteiger partial charge in [-0.15, -0.1) is 0 Å². The van der Waals surface area contributed by atoms with Crippen LogP contribution in [0, 0.1) is 20.8 Å². The third-order valence-corrected chi connectivity index (χ3v) is 22.7. The first-order valence-electron chi connectivity index (χ1n) is 34.1. The minimum Gasteiger partial charge on any atom is -0.462 e. The van der Waals surface area contributed by atoms with Gasteiger partial charge in [-0.25, -0.2) is 59.6 Å². The maximum Gasteiger partial charge on any atom is 0.350 e. The molecule has 3 aromatic carbocycles. The zero-order chi connectivity index (χ0) is 77.7. The minimum atomic E-state index is -3.26. The summed E-state index contributed by atoms with van der Waals surface area (Å²) < 4.78 is 90.8. The zero-order valence-electron chi connectivity index (χ0n) is 61.2. The Morgan fingerprint density at radius 2 is 0.824 bits per heavy atom. The molecular weight excluding hydrogens is 1530 g/mol. The summed E-state index contributed by atoms with van der Waals surface area (Å²) in [4.78, 5) is 85.5. The van der Waals surface area contributed by atoms with Crippen molar-refractivity contribution >= 4 is 155 Å². The third-order valence-electron chi connectivity index (χ3n) is 15.9. The maximum absolute atomic E-state index is 12.2. The predicted molar refractivity (Wildman–Crippen MR) is 420 cm³/mol. The van der Waals surface area contributed by atoms with E-state index < -0.39 is 47.4 Å². The molecule has 0 radical (unpaired) electrons. The van der Waals surface area contributed by atoms with Crippen LogP contribution in [-0.4, -0.2) is 209 Å². The zero-order valence-corrected chi connectivity index (χ0v) is 66.8. The highest BCUT2D eigenvalue weighted by Crippen LogP contribution is 2.31. The number of ether oxygens (including phenoxy) is 4. The van der Waals surface area contributed by atoms with E-state index in [0.29, 0.717) is 109 Å². The van der Waals surface area contributed by atoms with Crippen LogP contribution in [0.15, 0.2) is 106 Å². The molecule has 7 N–H and O–H groups in total. The van der Waals surface area contributed by atoms with Crippen LogP contribution < -0.4 is 42.1 Å². The predicted octanol–water partition coefficient (Wildman–Crippen LogP) is 10.1. The minimum absolute atomic E-state index is 0.214. The molecule has 578 valence electrons. The topological polar surface area (TPSA) is 400 Å². The molecule has 0 saturated carbocycles. The standard InChI is InChI=1S/C26H35N7O5S2.C24H31N7O4S2.C19H20ClN5O4S2/c1-4-38-24(34)23-18(2)29-26(39-23)32-25-30-21(27-10-5-11-33-12-14-37-15-13-33)16-22(31-25)28-17-19-6-8-20(9-7-19)40(3,35)36;1-5-35-22(32)21-16(2)26-24(36-21)29-23-27-19(14-20(28-23)31-12-10-30(3)11-13-31)25-15-17-6-8-18(9-7-17)37(4,33)34;1-4-29-17(26)16-11(2)22-19(30-16)25-18-23-14(20)9-15(24-18)21-10-12-5-7-13(8-6-12)31(3,27)28/h6-9,16H,4-5,10-15,17H2,1-3H3,(H3,27,28,29,30,31,32);6-9,14H,5,10-13,15H2,1-4H3,(H2,25,26,27,28,29);5-9H,4,10H2,1-3H3,(H2,21,22,23,24,25). The number of halogens is 1. The van der Waals surface area contributed by atoms with Crippen LogP contribution in [-0.2, 0) is 68.1 Å². The molecule has 108 heavy (non-hydrogen) atoms. The fourth-order valence-corrected chi connectivity index (χ4v) is 14.9. The van der Waals surface area contributed by atoms with Crippen LogP contribution in [0.25, 0.3) is 0 Å². The summed E-state index contributed by atoms with van der Waals surface area (Å²) >= 11 is 9.63. The number of benzene rings is 3. The summed E-state index contributed by atoms with van der Waals surface area (Å²) in [5, 5.41) is 23.9. The van der Waals surface area contributed by atoms with E-state index in [0.717, 1.165) is 112 Å². The lowest BCUT2D eigenvalue weighted by atomic mass is 10.2. The number of aryl methyl sites for hydroxylation is 3. The van der Waals surface area contributed by atoms with E-state index in [4.69, 9.17) is 35.5 Å². The Morgan fingerprint density at radius 3 is 1.20 bits per heavy atom. The van der Waals surface area contributed by atoms with Crippen molar-refractivity contribution in [3.63, 3.8) is 0 Å². The summed E-state index contributed by atoms with van der Waals surface area (Å²) in [5.74, 6) is 2.70. The summed E-state index contributed by atoms with van der Waals surface area (Å²) in [6, 6.07) is 25.3. The van der Waals surface area contributed by atoms with Gasteiger partial charge in [-0.1, -0.05) is 82.0 Å². The Kier molecular flexibility index (Phi) is 29.6. The number of hydrogen-bond donors (Lipinski definition) is 7. The van der Waals surface area contributed by atoms with Crippen LogP contribution >= 0.6 is 45.6 Å². The number of likely N-dealkylation sites (N-methyl/N-ethyl adjacent to an activating group) is 1. The molecule has 11 rings (SSSR count). The summed E-state index contributed by atoms with van der Waals surface area (Å²) in [5.41, 5.74) is 4.37. The van der Waals surface area contributed by atoms with Crippen LogP contribution in [0.3, 0.4) is 0 Å². The fourth-order valence-electron chi connectivity index (χ4n) is 10.3. The number of thiazole rings is 3. The lowest BCUT2D eigenvalue weighted by Crippen LogP contribution is -2.44. The number of nitrogens with one attached hydrogen (secondary N) is 7. The van der Waals surface area contributed by atoms with E-state index in [1.807, 2.05) is 12.1 Å². The van der Waals surface area contributed by atoms with Gasteiger partial charge in [0.15, 0.2) is 44.9 Å². The van der Waals surface area contributed by atoms with E-state index in [9.17, 15) is 39.6 Å². The normalized spacial score (nSPS) is 13.4. The van der Waals surface area contributed by atoms with Crippen molar-refractivity contribution in [1.29, 1.82) is 0 Å². The van der Waals surface area contributed by atoms with Gasteiger partial charge in [0, 0.05) is 102 Å². The number of piperazine rings is 1. The Hall–Kier alpha value is -9.38. The van der Waals surface area contributed by atoms with Crippen LogP contribution in [0.5, 0.6) is 0 Å². The average molecular weight is 1620 g/mol. The van der Waals surface area contributed by atoms with E-state index >= 15 is 0 Å².